The van der Waals surface area contributed by atoms with Gasteiger partial charge < -0.3 is 24.3 Å². The molecule has 0 bridgehead atoms. The average molecular weight is 344 g/mol. The van der Waals surface area contributed by atoms with E-state index in [-0.39, 0.29) is 5.91 Å². The first-order valence-electron chi connectivity index (χ1n) is 7.89. The third-order valence-corrected chi connectivity index (χ3v) is 3.80. The van der Waals surface area contributed by atoms with Crippen molar-refractivity contribution in [2.24, 2.45) is 0 Å². The van der Waals surface area contributed by atoms with Crippen molar-refractivity contribution in [1.82, 2.24) is 20.4 Å². The van der Waals surface area contributed by atoms with Crippen LogP contribution in [0.2, 0.25) is 0 Å². The number of carbonyl (C=O) groups excluding carboxylic acids is 1. The van der Waals surface area contributed by atoms with E-state index in [1.54, 1.807) is 27.2 Å². The minimum atomic E-state index is -0.405. The van der Waals surface area contributed by atoms with Gasteiger partial charge in [-0.25, -0.2) is 0 Å². The number of benzene rings is 1. The van der Waals surface area contributed by atoms with Crippen LogP contribution in [0.1, 0.15) is 35.2 Å². The molecular weight excluding hydrogens is 324 g/mol. The number of nitrogens with one attached hydrogen (secondary N) is 2. The third-order valence-electron chi connectivity index (χ3n) is 3.80. The Kier molecular flexibility index (Phi) is 4.99. The molecule has 1 atom stereocenters. The van der Waals surface area contributed by atoms with Crippen LogP contribution in [0, 0.1) is 0 Å². The van der Waals surface area contributed by atoms with Crippen molar-refractivity contribution < 1.29 is 18.8 Å². The van der Waals surface area contributed by atoms with Gasteiger partial charge in [0, 0.05) is 24.4 Å². The van der Waals surface area contributed by atoms with Gasteiger partial charge in [-0.05, 0) is 31.2 Å². The van der Waals surface area contributed by atoms with E-state index >= 15 is 0 Å². The lowest BCUT2D eigenvalue weighted by Gasteiger charge is -2.08. The average Bonchev–Trinajstić information content (AvgIpc) is 3.25. The summed E-state index contributed by atoms with van der Waals surface area (Å²) in [7, 11) is 3.22. The molecule has 0 aliphatic carbocycles. The molecule has 2 aromatic heterocycles. The second-order valence-electron chi connectivity index (χ2n) is 5.62. The van der Waals surface area contributed by atoms with E-state index in [1.165, 1.54) is 0 Å². The topological polar surface area (TPSA) is 102 Å². The molecule has 0 spiro atoms. The first-order chi connectivity index (χ1) is 12.1. The van der Waals surface area contributed by atoms with Crippen LogP contribution in [0.15, 0.2) is 28.8 Å². The fourth-order valence-electron chi connectivity index (χ4n) is 2.43. The van der Waals surface area contributed by atoms with E-state index in [1.807, 2.05) is 18.2 Å². The molecule has 2 heterocycles. The van der Waals surface area contributed by atoms with Gasteiger partial charge >= 0.3 is 0 Å². The summed E-state index contributed by atoms with van der Waals surface area (Å²) in [5.41, 5.74) is 1.31. The summed E-state index contributed by atoms with van der Waals surface area (Å²) in [6.45, 7) is 2.30. The molecule has 0 aliphatic rings. The number of nitrogens with zero attached hydrogens (tertiary/aromatic N) is 2. The quantitative estimate of drug-likeness (QED) is 0.681. The van der Waals surface area contributed by atoms with Gasteiger partial charge in [0.1, 0.15) is 17.5 Å². The Morgan fingerprint density at radius 3 is 2.96 bits per heavy atom. The molecule has 8 nitrogen and oxygen atoms in total. The normalized spacial score (nSPS) is 12.3. The van der Waals surface area contributed by atoms with Crippen LogP contribution in [-0.4, -0.2) is 41.9 Å². The van der Waals surface area contributed by atoms with E-state index in [0.29, 0.717) is 30.4 Å². The highest BCUT2D eigenvalue weighted by Crippen LogP contribution is 2.22. The molecule has 2 N–H and O–H groups in total. The van der Waals surface area contributed by atoms with E-state index in [9.17, 15) is 4.79 Å². The van der Waals surface area contributed by atoms with E-state index in [0.717, 1.165) is 16.7 Å². The SMILES string of the molecule is COCCc1noc([C@H](C)NC(=O)c2cc3cc(OC)ccc3[nH]2)n1. The van der Waals surface area contributed by atoms with Gasteiger partial charge in [-0.15, -0.1) is 0 Å². The Morgan fingerprint density at radius 2 is 2.20 bits per heavy atom. The second-order valence-corrected chi connectivity index (χ2v) is 5.62. The number of rotatable bonds is 7. The Labute approximate surface area is 144 Å². The zero-order chi connectivity index (χ0) is 17.8. The number of ether oxygens (including phenoxy) is 2. The van der Waals surface area contributed by atoms with Crippen molar-refractivity contribution in [1.29, 1.82) is 0 Å². The van der Waals surface area contributed by atoms with Crippen molar-refractivity contribution in [3.63, 3.8) is 0 Å². The number of aromatic amines is 1. The first kappa shape index (κ1) is 17.0. The minimum absolute atomic E-state index is 0.251. The molecule has 1 aromatic carbocycles. The summed E-state index contributed by atoms with van der Waals surface area (Å²) in [6.07, 6.45) is 0.560. The number of aromatic nitrogens is 3. The van der Waals surface area contributed by atoms with Crippen molar-refractivity contribution >= 4 is 16.8 Å². The Morgan fingerprint density at radius 1 is 1.36 bits per heavy atom. The maximum atomic E-state index is 12.4. The monoisotopic (exact) mass is 344 g/mol. The van der Waals surface area contributed by atoms with Crippen LogP contribution in [-0.2, 0) is 11.2 Å². The number of carbonyl (C=O) groups is 1. The van der Waals surface area contributed by atoms with Crippen LogP contribution >= 0.6 is 0 Å². The number of hydrogen-bond donors (Lipinski definition) is 2. The largest absolute Gasteiger partial charge is 0.497 e. The van der Waals surface area contributed by atoms with Gasteiger partial charge in [0.15, 0.2) is 5.82 Å². The van der Waals surface area contributed by atoms with Crippen LogP contribution in [0.5, 0.6) is 5.75 Å². The summed E-state index contributed by atoms with van der Waals surface area (Å²) in [5, 5.41) is 7.61. The highest BCUT2D eigenvalue weighted by molar-refractivity contribution is 5.98. The lowest BCUT2D eigenvalue weighted by Crippen LogP contribution is -2.27. The van der Waals surface area contributed by atoms with Crippen LogP contribution in [0.3, 0.4) is 0 Å². The molecule has 132 valence electrons. The number of methoxy groups -OCH3 is 2. The van der Waals surface area contributed by atoms with Crippen molar-refractivity contribution in [3.05, 3.63) is 41.7 Å². The van der Waals surface area contributed by atoms with Gasteiger partial charge in [-0.2, -0.15) is 4.98 Å². The second kappa shape index (κ2) is 7.35. The zero-order valence-electron chi connectivity index (χ0n) is 14.3. The van der Waals surface area contributed by atoms with Crippen LogP contribution in [0.4, 0.5) is 0 Å². The maximum Gasteiger partial charge on any atom is 0.268 e. The zero-order valence-corrected chi connectivity index (χ0v) is 14.3. The highest BCUT2D eigenvalue weighted by atomic mass is 16.5. The standard InChI is InChI=1S/C17H20N4O4/c1-10(17-20-15(21-25-17)6-7-23-2)18-16(22)14-9-11-8-12(24-3)4-5-13(11)19-14/h4-5,8-10,19H,6-7H2,1-3H3,(H,18,22)/t10-/m0/s1. The van der Waals surface area contributed by atoms with Gasteiger partial charge in [-0.1, -0.05) is 5.16 Å². The predicted molar refractivity (Wildman–Crippen MR) is 90.6 cm³/mol. The molecule has 0 aliphatic heterocycles. The summed E-state index contributed by atoms with van der Waals surface area (Å²) >= 11 is 0. The summed E-state index contributed by atoms with van der Waals surface area (Å²) in [6, 6.07) is 6.94. The van der Waals surface area contributed by atoms with Gasteiger partial charge in [-0.3, -0.25) is 4.79 Å². The number of H-pyrrole nitrogens is 1. The van der Waals surface area contributed by atoms with E-state index < -0.39 is 6.04 Å². The van der Waals surface area contributed by atoms with Crippen LogP contribution in [0.25, 0.3) is 10.9 Å². The summed E-state index contributed by atoms with van der Waals surface area (Å²) < 4.78 is 15.4. The van der Waals surface area contributed by atoms with Crippen molar-refractivity contribution in [2.45, 2.75) is 19.4 Å². The lowest BCUT2D eigenvalue weighted by molar-refractivity contribution is 0.0928. The first-order valence-corrected chi connectivity index (χ1v) is 7.89. The Bertz CT molecular complexity index is 871. The summed E-state index contributed by atoms with van der Waals surface area (Å²) in [5.74, 6) is 1.40. The van der Waals surface area contributed by atoms with Crippen molar-refractivity contribution in [2.75, 3.05) is 20.8 Å². The molecule has 0 radical (unpaired) electrons. The minimum Gasteiger partial charge on any atom is -0.497 e. The molecule has 1 amide bonds. The number of hydrogen-bond acceptors (Lipinski definition) is 6. The van der Waals surface area contributed by atoms with Gasteiger partial charge in [0.2, 0.25) is 5.89 Å². The van der Waals surface area contributed by atoms with E-state index in [2.05, 4.69) is 20.4 Å². The highest BCUT2D eigenvalue weighted by Gasteiger charge is 2.18. The summed E-state index contributed by atoms with van der Waals surface area (Å²) in [4.78, 5) is 19.8. The fraction of sp³-hybridized carbons (Fsp3) is 0.353. The maximum absolute atomic E-state index is 12.4. The van der Waals surface area contributed by atoms with E-state index in [4.69, 9.17) is 14.0 Å². The lowest BCUT2D eigenvalue weighted by atomic mass is 10.2. The molecular formula is C17H20N4O4. The molecule has 0 fully saturated rings. The Hall–Kier alpha value is -2.87. The van der Waals surface area contributed by atoms with Crippen molar-refractivity contribution in [3.8, 4) is 5.75 Å². The molecule has 8 heteroatoms. The molecule has 0 saturated heterocycles. The molecule has 3 aromatic rings. The predicted octanol–water partition coefficient (Wildman–Crippen LogP) is 2.24. The van der Waals surface area contributed by atoms with Crippen LogP contribution < -0.4 is 10.1 Å². The Balaban J connectivity index is 1.69. The van der Waals surface area contributed by atoms with Gasteiger partial charge in [0.25, 0.3) is 5.91 Å². The fourth-order valence-corrected chi connectivity index (χ4v) is 2.43. The smallest absolute Gasteiger partial charge is 0.268 e. The molecule has 0 unspecified atom stereocenters. The number of amides is 1. The molecule has 0 saturated carbocycles. The number of fused-ring (bicyclic) bond motifs is 1. The third kappa shape index (κ3) is 3.80. The molecule has 25 heavy (non-hydrogen) atoms. The van der Waals surface area contributed by atoms with Gasteiger partial charge in [0.05, 0.1) is 13.7 Å². The molecule has 3 rings (SSSR count).